The van der Waals surface area contributed by atoms with Gasteiger partial charge in [-0.1, -0.05) is 12.2 Å². The van der Waals surface area contributed by atoms with E-state index in [4.69, 9.17) is 5.11 Å². The third kappa shape index (κ3) is 3.30. The molecular weight excluding hydrogens is 216 g/mol. The van der Waals surface area contributed by atoms with E-state index in [0.29, 0.717) is 5.91 Å². The van der Waals surface area contributed by atoms with Crippen LogP contribution in [0.25, 0.3) is 0 Å². The minimum absolute atomic E-state index is 0.210. The summed E-state index contributed by atoms with van der Waals surface area (Å²) in [6.07, 6.45) is 7.26. The third-order valence-corrected chi connectivity index (χ3v) is 3.72. The molecule has 0 aromatic rings. The first-order valence-electron chi connectivity index (χ1n) is 6.58. The SMILES string of the molecule is O=C(C1CC=CCC1)N1CCN(CCO)CC1. The quantitative estimate of drug-likeness (QED) is 0.727. The first kappa shape index (κ1) is 12.6. The monoisotopic (exact) mass is 238 g/mol. The predicted molar refractivity (Wildman–Crippen MR) is 66.6 cm³/mol. The molecule has 0 aromatic heterocycles. The first-order valence-corrected chi connectivity index (χ1v) is 6.58. The highest BCUT2D eigenvalue weighted by Gasteiger charge is 2.26. The van der Waals surface area contributed by atoms with Crippen LogP contribution in [-0.4, -0.2) is 60.1 Å². The van der Waals surface area contributed by atoms with Crippen LogP contribution in [0.5, 0.6) is 0 Å². The molecule has 2 aliphatic rings. The molecule has 0 spiro atoms. The normalized spacial score (nSPS) is 26.2. The fourth-order valence-corrected chi connectivity index (χ4v) is 2.61. The highest BCUT2D eigenvalue weighted by atomic mass is 16.3. The largest absolute Gasteiger partial charge is 0.395 e. The molecule has 17 heavy (non-hydrogen) atoms. The number of amides is 1. The molecular formula is C13H22N2O2. The molecule has 0 bridgehead atoms. The highest BCUT2D eigenvalue weighted by molar-refractivity contribution is 5.79. The third-order valence-electron chi connectivity index (χ3n) is 3.72. The maximum atomic E-state index is 12.2. The van der Waals surface area contributed by atoms with E-state index < -0.39 is 0 Å². The van der Waals surface area contributed by atoms with Gasteiger partial charge < -0.3 is 10.0 Å². The van der Waals surface area contributed by atoms with Gasteiger partial charge in [-0.05, 0) is 19.3 Å². The lowest BCUT2D eigenvalue weighted by Crippen LogP contribution is -2.50. The van der Waals surface area contributed by atoms with E-state index in [1.807, 2.05) is 4.90 Å². The minimum Gasteiger partial charge on any atom is -0.395 e. The number of carbonyl (C=O) groups is 1. The number of hydrogen-bond donors (Lipinski definition) is 1. The van der Waals surface area contributed by atoms with Gasteiger partial charge in [0.1, 0.15) is 0 Å². The molecule has 4 nitrogen and oxygen atoms in total. The van der Waals surface area contributed by atoms with Crippen LogP contribution in [0.4, 0.5) is 0 Å². The molecule has 1 aliphatic carbocycles. The number of carbonyl (C=O) groups excluding carboxylic acids is 1. The van der Waals surface area contributed by atoms with Crippen LogP contribution in [0, 0.1) is 5.92 Å². The maximum Gasteiger partial charge on any atom is 0.226 e. The van der Waals surface area contributed by atoms with E-state index in [9.17, 15) is 4.79 Å². The summed E-state index contributed by atoms with van der Waals surface area (Å²) in [6, 6.07) is 0. The molecule has 2 rings (SSSR count). The molecule has 0 aromatic carbocycles. The van der Waals surface area contributed by atoms with Gasteiger partial charge in [0.2, 0.25) is 5.91 Å². The molecule has 1 N–H and O–H groups in total. The van der Waals surface area contributed by atoms with Gasteiger partial charge in [0.15, 0.2) is 0 Å². The summed E-state index contributed by atoms with van der Waals surface area (Å²) in [5, 5.41) is 8.87. The van der Waals surface area contributed by atoms with Crippen LogP contribution in [0.3, 0.4) is 0 Å². The summed E-state index contributed by atoms with van der Waals surface area (Å²) in [7, 11) is 0. The zero-order chi connectivity index (χ0) is 12.1. The van der Waals surface area contributed by atoms with Crippen molar-refractivity contribution >= 4 is 5.91 Å². The van der Waals surface area contributed by atoms with Crippen molar-refractivity contribution in [2.45, 2.75) is 19.3 Å². The zero-order valence-corrected chi connectivity index (χ0v) is 10.3. The second-order valence-electron chi connectivity index (χ2n) is 4.87. The molecule has 1 aliphatic heterocycles. The van der Waals surface area contributed by atoms with Crippen LogP contribution in [-0.2, 0) is 4.79 Å². The average Bonchev–Trinajstić information content (AvgIpc) is 2.40. The van der Waals surface area contributed by atoms with Crippen molar-refractivity contribution in [2.24, 2.45) is 5.92 Å². The van der Waals surface area contributed by atoms with Crippen LogP contribution < -0.4 is 0 Å². The Morgan fingerprint density at radius 3 is 2.59 bits per heavy atom. The summed E-state index contributed by atoms with van der Waals surface area (Å²) in [5.74, 6) is 0.544. The van der Waals surface area contributed by atoms with Gasteiger partial charge in [-0.25, -0.2) is 0 Å². The molecule has 1 saturated heterocycles. The van der Waals surface area contributed by atoms with Crippen LogP contribution >= 0.6 is 0 Å². The van der Waals surface area contributed by atoms with Gasteiger partial charge in [-0.2, -0.15) is 0 Å². The lowest BCUT2D eigenvalue weighted by atomic mass is 9.93. The molecule has 1 heterocycles. The number of β-amino-alcohol motifs (C(OH)–C–C–N with tert-alkyl or cyclic N) is 1. The van der Waals surface area contributed by atoms with E-state index in [1.54, 1.807) is 0 Å². The summed E-state index contributed by atoms with van der Waals surface area (Å²) in [6.45, 7) is 4.37. The molecule has 1 amide bonds. The van der Waals surface area contributed by atoms with E-state index in [2.05, 4.69) is 17.1 Å². The smallest absolute Gasteiger partial charge is 0.226 e. The Labute approximate surface area is 103 Å². The molecule has 0 radical (unpaired) electrons. The van der Waals surface area contributed by atoms with Crippen molar-refractivity contribution in [2.75, 3.05) is 39.3 Å². The number of rotatable bonds is 3. The van der Waals surface area contributed by atoms with Gasteiger partial charge >= 0.3 is 0 Å². The number of aliphatic hydroxyl groups excluding tert-OH is 1. The standard InChI is InChI=1S/C13H22N2O2/c16-11-10-14-6-8-15(9-7-14)13(17)12-4-2-1-3-5-12/h1-2,12,16H,3-11H2. The summed E-state index contributed by atoms with van der Waals surface area (Å²) in [4.78, 5) is 16.5. The molecule has 4 heteroatoms. The number of aliphatic hydroxyl groups is 1. The van der Waals surface area contributed by atoms with Crippen molar-refractivity contribution in [3.05, 3.63) is 12.2 Å². The molecule has 0 saturated carbocycles. The van der Waals surface area contributed by atoms with Crippen LogP contribution in [0.2, 0.25) is 0 Å². The number of nitrogens with zero attached hydrogens (tertiary/aromatic N) is 2. The molecule has 96 valence electrons. The van der Waals surface area contributed by atoms with E-state index in [-0.39, 0.29) is 12.5 Å². The Morgan fingerprint density at radius 1 is 1.24 bits per heavy atom. The topological polar surface area (TPSA) is 43.8 Å². The van der Waals surface area contributed by atoms with Crippen molar-refractivity contribution in [1.29, 1.82) is 0 Å². The lowest BCUT2D eigenvalue weighted by Gasteiger charge is -2.36. The average molecular weight is 238 g/mol. The number of hydrogen-bond acceptors (Lipinski definition) is 3. The molecule has 1 fully saturated rings. The summed E-state index contributed by atoms with van der Waals surface area (Å²) in [5.41, 5.74) is 0. The predicted octanol–water partition coefficient (Wildman–Crippen LogP) is 0.479. The maximum absolute atomic E-state index is 12.2. The fraction of sp³-hybridized carbons (Fsp3) is 0.769. The van der Waals surface area contributed by atoms with Crippen molar-refractivity contribution in [3.8, 4) is 0 Å². The number of allylic oxidation sites excluding steroid dienone is 2. The Bertz CT molecular complexity index is 283. The van der Waals surface area contributed by atoms with Crippen molar-refractivity contribution in [3.63, 3.8) is 0 Å². The Morgan fingerprint density at radius 2 is 2.00 bits per heavy atom. The Hall–Kier alpha value is -0.870. The first-order chi connectivity index (χ1) is 8.31. The Kier molecular flexibility index (Phi) is 4.57. The van der Waals surface area contributed by atoms with Gasteiger partial charge in [0, 0.05) is 38.6 Å². The lowest BCUT2D eigenvalue weighted by molar-refractivity contribution is -0.137. The van der Waals surface area contributed by atoms with E-state index in [0.717, 1.165) is 52.0 Å². The van der Waals surface area contributed by atoms with Crippen molar-refractivity contribution in [1.82, 2.24) is 9.80 Å². The Balaban J connectivity index is 1.79. The van der Waals surface area contributed by atoms with Gasteiger partial charge in [-0.3, -0.25) is 9.69 Å². The van der Waals surface area contributed by atoms with Gasteiger partial charge in [0.05, 0.1) is 6.61 Å². The minimum atomic E-state index is 0.210. The van der Waals surface area contributed by atoms with Crippen LogP contribution in [0.1, 0.15) is 19.3 Å². The summed E-state index contributed by atoms with van der Waals surface area (Å²) >= 11 is 0. The molecule has 1 atom stereocenters. The van der Waals surface area contributed by atoms with Crippen molar-refractivity contribution < 1.29 is 9.90 Å². The second kappa shape index (κ2) is 6.17. The van der Waals surface area contributed by atoms with E-state index in [1.165, 1.54) is 0 Å². The highest BCUT2D eigenvalue weighted by Crippen LogP contribution is 2.21. The number of piperazine rings is 1. The second-order valence-corrected chi connectivity index (χ2v) is 4.87. The summed E-state index contributed by atoms with van der Waals surface area (Å²) < 4.78 is 0. The molecule has 1 unspecified atom stereocenters. The van der Waals surface area contributed by atoms with Gasteiger partial charge in [0.25, 0.3) is 0 Å². The van der Waals surface area contributed by atoms with E-state index >= 15 is 0 Å². The van der Waals surface area contributed by atoms with Crippen LogP contribution in [0.15, 0.2) is 12.2 Å². The fourth-order valence-electron chi connectivity index (χ4n) is 2.61. The zero-order valence-electron chi connectivity index (χ0n) is 10.3. The van der Waals surface area contributed by atoms with Gasteiger partial charge in [-0.15, -0.1) is 0 Å².